The van der Waals surface area contributed by atoms with Gasteiger partial charge in [-0.15, -0.1) is 0 Å². The van der Waals surface area contributed by atoms with Gasteiger partial charge in [0, 0.05) is 26.2 Å². The molecule has 0 aliphatic carbocycles. The van der Waals surface area contributed by atoms with E-state index in [1.54, 1.807) is 0 Å². The third-order valence-corrected chi connectivity index (χ3v) is 5.12. The summed E-state index contributed by atoms with van der Waals surface area (Å²) in [6.45, 7) is 7.92. The van der Waals surface area contributed by atoms with Crippen LogP contribution < -0.4 is 0 Å². The number of imide groups is 1. The number of carbonyl (C=O) groups excluding carboxylic acids is 2. The highest BCUT2D eigenvalue weighted by Gasteiger charge is 2.42. The van der Waals surface area contributed by atoms with Crippen molar-refractivity contribution < 1.29 is 14.7 Å². The topological polar surface area (TPSA) is 60.9 Å². The fraction of sp³-hybridized carbons (Fsp3) is 0.524. The normalized spacial score (nSPS) is 21.3. The van der Waals surface area contributed by atoms with Crippen molar-refractivity contribution in [3.63, 3.8) is 0 Å². The fourth-order valence-electron chi connectivity index (χ4n) is 3.79. The van der Waals surface area contributed by atoms with Crippen LogP contribution in [0.3, 0.4) is 0 Å². The number of rotatable bonds is 5. The predicted octanol–water partition coefficient (Wildman–Crippen LogP) is 2.44. The first kappa shape index (κ1) is 18.6. The molecule has 3 rings (SSSR count). The Kier molecular flexibility index (Phi) is 5.47. The number of likely N-dealkylation sites (tertiary alicyclic amines) is 1. The second kappa shape index (κ2) is 7.62. The van der Waals surface area contributed by atoms with E-state index in [0.29, 0.717) is 24.4 Å². The largest absolute Gasteiger partial charge is 0.396 e. The molecule has 1 atom stereocenters. The highest BCUT2D eigenvalue weighted by atomic mass is 16.3. The van der Waals surface area contributed by atoms with Crippen molar-refractivity contribution in [2.45, 2.75) is 33.6 Å². The maximum absolute atomic E-state index is 13.1. The lowest BCUT2D eigenvalue weighted by Gasteiger charge is -2.34. The molecule has 140 valence electrons. The zero-order valence-corrected chi connectivity index (χ0v) is 15.9. The Morgan fingerprint density at radius 1 is 1.15 bits per heavy atom. The maximum atomic E-state index is 13.1. The van der Waals surface area contributed by atoms with Crippen LogP contribution in [0.25, 0.3) is 5.57 Å². The Morgan fingerprint density at radius 3 is 2.46 bits per heavy atom. The van der Waals surface area contributed by atoms with Crippen LogP contribution in [0.4, 0.5) is 0 Å². The number of aryl methyl sites for hydroxylation is 1. The van der Waals surface area contributed by atoms with E-state index in [-0.39, 0.29) is 30.3 Å². The number of carbonyl (C=O) groups is 2. The Morgan fingerprint density at radius 2 is 1.85 bits per heavy atom. The minimum Gasteiger partial charge on any atom is -0.396 e. The minimum atomic E-state index is -0.200. The van der Waals surface area contributed by atoms with Crippen molar-refractivity contribution in [1.29, 1.82) is 0 Å². The van der Waals surface area contributed by atoms with E-state index in [0.717, 1.165) is 30.5 Å². The molecule has 5 nitrogen and oxygen atoms in total. The smallest absolute Gasteiger partial charge is 0.277 e. The van der Waals surface area contributed by atoms with Gasteiger partial charge in [-0.3, -0.25) is 14.5 Å². The molecule has 1 aromatic carbocycles. The van der Waals surface area contributed by atoms with E-state index >= 15 is 0 Å². The third-order valence-electron chi connectivity index (χ3n) is 5.12. The fourth-order valence-corrected chi connectivity index (χ4v) is 3.79. The van der Waals surface area contributed by atoms with Crippen LogP contribution in [0.5, 0.6) is 0 Å². The lowest BCUT2D eigenvalue weighted by molar-refractivity contribution is -0.138. The van der Waals surface area contributed by atoms with E-state index in [1.165, 1.54) is 4.90 Å². The molecular formula is C21H28N2O3. The summed E-state index contributed by atoms with van der Waals surface area (Å²) in [6.07, 6.45) is 1.87. The third kappa shape index (κ3) is 3.54. The molecule has 0 radical (unpaired) electrons. The lowest BCUT2D eigenvalue weighted by atomic mass is 9.96. The number of aliphatic hydroxyl groups is 1. The Hall–Kier alpha value is -2.14. The van der Waals surface area contributed by atoms with Gasteiger partial charge in [0.25, 0.3) is 11.8 Å². The quantitative estimate of drug-likeness (QED) is 0.823. The molecule has 2 aliphatic rings. The summed E-state index contributed by atoms with van der Waals surface area (Å²) in [5, 5.41) is 9.55. The van der Waals surface area contributed by atoms with E-state index in [9.17, 15) is 14.7 Å². The Bertz CT molecular complexity index is 721. The SMILES string of the molecule is Cc1ccc(C2=C(N3CCCC(CO)C3)C(=O)N(CC(C)C)C2=O)cc1. The van der Waals surface area contributed by atoms with Crippen molar-refractivity contribution in [3.05, 3.63) is 41.1 Å². The maximum Gasteiger partial charge on any atom is 0.277 e. The first-order chi connectivity index (χ1) is 12.4. The first-order valence-corrected chi connectivity index (χ1v) is 9.45. The molecule has 2 amide bonds. The highest BCUT2D eigenvalue weighted by Crippen LogP contribution is 2.34. The van der Waals surface area contributed by atoms with Gasteiger partial charge in [0.05, 0.1) is 5.57 Å². The van der Waals surface area contributed by atoms with Gasteiger partial charge in [-0.05, 0) is 37.2 Å². The van der Waals surface area contributed by atoms with Crippen LogP contribution >= 0.6 is 0 Å². The number of benzene rings is 1. The Labute approximate surface area is 155 Å². The molecule has 0 aromatic heterocycles. The molecule has 2 heterocycles. The molecule has 0 spiro atoms. The zero-order valence-electron chi connectivity index (χ0n) is 15.9. The molecule has 0 saturated carbocycles. The molecule has 2 aliphatic heterocycles. The van der Waals surface area contributed by atoms with Crippen molar-refractivity contribution in [2.24, 2.45) is 11.8 Å². The summed E-state index contributed by atoms with van der Waals surface area (Å²) < 4.78 is 0. The Balaban J connectivity index is 2.04. The zero-order chi connectivity index (χ0) is 18.8. The molecule has 26 heavy (non-hydrogen) atoms. The molecule has 1 N–H and O–H groups in total. The molecule has 1 fully saturated rings. The van der Waals surface area contributed by atoms with Crippen LogP contribution in [0.2, 0.25) is 0 Å². The standard InChI is InChI=1S/C21H28N2O3/c1-14(2)11-23-20(25)18(17-8-6-15(3)7-9-17)19(21(23)26)22-10-4-5-16(12-22)13-24/h6-9,14,16,24H,4-5,10-13H2,1-3H3. The van der Waals surface area contributed by atoms with Gasteiger partial charge in [-0.1, -0.05) is 43.7 Å². The van der Waals surface area contributed by atoms with Crippen LogP contribution in [0.1, 0.15) is 37.8 Å². The van der Waals surface area contributed by atoms with E-state index in [4.69, 9.17) is 0 Å². The van der Waals surface area contributed by atoms with Gasteiger partial charge < -0.3 is 10.0 Å². The minimum absolute atomic E-state index is 0.113. The number of amides is 2. The summed E-state index contributed by atoms with van der Waals surface area (Å²) in [5.41, 5.74) is 2.93. The van der Waals surface area contributed by atoms with Gasteiger partial charge >= 0.3 is 0 Å². The van der Waals surface area contributed by atoms with Gasteiger partial charge in [0.2, 0.25) is 0 Å². The number of hydrogen-bond acceptors (Lipinski definition) is 4. The molecule has 1 aromatic rings. The van der Waals surface area contributed by atoms with Crippen LogP contribution in [0, 0.1) is 18.8 Å². The molecule has 5 heteroatoms. The number of hydrogen-bond donors (Lipinski definition) is 1. The van der Waals surface area contributed by atoms with Gasteiger partial charge in [-0.25, -0.2) is 0 Å². The monoisotopic (exact) mass is 356 g/mol. The summed E-state index contributed by atoms with van der Waals surface area (Å²) in [7, 11) is 0. The van der Waals surface area contributed by atoms with Crippen LogP contribution in [-0.2, 0) is 9.59 Å². The van der Waals surface area contributed by atoms with Crippen molar-refractivity contribution in [1.82, 2.24) is 9.80 Å². The molecule has 1 unspecified atom stereocenters. The van der Waals surface area contributed by atoms with Crippen molar-refractivity contribution in [2.75, 3.05) is 26.2 Å². The molecular weight excluding hydrogens is 328 g/mol. The van der Waals surface area contributed by atoms with Gasteiger partial charge in [0.15, 0.2) is 0 Å². The average Bonchev–Trinajstić information content (AvgIpc) is 2.87. The lowest BCUT2D eigenvalue weighted by Crippen LogP contribution is -2.41. The number of nitrogens with zero attached hydrogens (tertiary/aromatic N) is 2. The summed E-state index contributed by atoms with van der Waals surface area (Å²) in [6, 6.07) is 7.77. The predicted molar refractivity (Wildman–Crippen MR) is 101 cm³/mol. The highest BCUT2D eigenvalue weighted by molar-refractivity contribution is 6.35. The second-order valence-corrected chi connectivity index (χ2v) is 7.84. The van der Waals surface area contributed by atoms with Crippen molar-refractivity contribution in [3.8, 4) is 0 Å². The van der Waals surface area contributed by atoms with E-state index < -0.39 is 0 Å². The first-order valence-electron chi connectivity index (χ1n) is 9.45. The summed E-state index contributed by atoms with van der Waals surface area (Å²) in [4.78, 5) is 29.7. The molecule has 0 bridgehead atoms. The summed E-state index contributed by atoms with van der Waals surface area (Å²) >= 11 is 0. The van der Waals surface area contributed by atoms with Crippen LogP contribution in [-0.4, -0.2) is 53.0 Å². The molecule has 1 saturated heterocycles. The second-order valence-electron chi connectivity index (χ2n) is 7.84. The van der Waals surface area contributed by atoms with E-state index in [2.05, 4.69) is 0 Å². The summed E-state index contributed by atoms with van der Waals surface area (Å²) in [5.74, 6) is -0.0304. The number of aliphatic hydroxyl groups excluding tert-OH is 1. The van der Waals surface area contributed by atoms with Crippen molar-refractivity contribution >= 4 is 17.4 Å². The van der Waals surface area contributed by atoms with Gasteiger partial charge in [0.1, 0.15) is 5.70 Å². The number of piperidine rings is 1. The average molecular weight is 356 g/mol. The van der Waals surface area contributed by atoms with E-state index in [1.807, 2.05) is 49.9 Å². The van der Waals surface area contributed by atoms with Gasteiger partial charge in [-0.2, -0.15) is 0 Å². The van der Waals surface area contributed by atoms with Crippen LogP contribution in [0.15, 0.2) is 30.0 Å².